The highest BCUT2D eigenvalue weighted by Crippen LogP contribution is 2.21. The van der Waals surface area contributed by atoms with Gasteiger partial charge in [0.2, 0.25) is 0 Å². The predicted molar refractivity (Wildman–Crippen MR) is 81.8 cm³/mol. The molecule has 0 aromatic heterocycles. The van der Waals surface area contributed by atoms with Crippen LogP contribution < -0.4 is 5.32 Å². The molecule has 2 N–H and O–H groups in total. The molecule has 0 fully saturated rings. The lowest BCUT2D eigenvalue weighted by Gasteiger charge is -2.35. The Bertz CT molecular complexity index is 544. The quantitative estimate of drug-likeness (QED) is 0.859. The van der Waals surface area contributed by atoms with Crippen molar-refractivity contribution in [3.63, 3.8) is 0 Å². The van der Waals surface area contributed by atoms with Crippen LogP contribution in [0.15, 0.2) is 22.7 Å². The van der Waals surface area contributed by atoms with E-state index in [4.69, 9.17) is 5.11 Å². The van der Waals surface area contributed by atoms with Gasteiger partial charge in [-0.25, -0.2) is 9.18 Å². The largest absolute Gasteiger partial charge is 0.481 e. The van der Waals surface area contributed by atoms with Crippen molar-refractivity contribution >= 4 is 33.6 Å². The maximum atomic E-state index is 13.7. The van der Waals surface area contributed by atoms with Crippen LogP contribution in [-0.2, 0) is 4.79 Å². The van der Waals surface area contributed by atoms with E-state index < -0.39 is 23.4 Å². The van der Waals surface area contributed by atoms with Crippen molar-refractivity contribution in [3.8, 4) is 0 Å². The Hall–Kier alpha value is -1.63. The Morgan fingerprint density at radius 2 is 2.00 bits per heavy atom. The molecule has 0 spiro atoms. The Morgan fingerprint density at radius 1 is 1.38 bits per heavy atom. The zero-order valence-corrected chi connectivity index (χ0v) is 13.7. The molecule has 2 amide bonds. The normalized spacial score (nSPS) is 11.1. The second kappa shape index (κ2) is 6.89. The van der Waals surface area contributed by atoms with Crippen LogP contribution in [0.2, 0.25) is 0 Å². The highest BCUT2D eigenvalue weighted by molar-refractivity contribution is 9.10. The molecule has 0 atom stereocenters. The summed E-state index contributed by atoms with van der Waals surface area (Å²) in [6, 6.07) is 3.76. The summed E-state index contributed by atoms with van der Waals surface area (Å²) in [5.41, 5.74) is -0.529. The third kappa shape index (κ3) is 5.34. The molecule has 7 heteroatoms. The maximum Gasteiger partial charge on any atom is 0.322 e. The highest BCUT2D eigenvalue weighted by Gasteiger charge is 2.27. The van der Waals surface area contributed by atoms with Crippen molar-refractivity contribution in [1.29, 1.82) is 0 Å². The number of hydrogen-bond acceptors (Lipinski definition) is 2. The van der Waals surface area contributed by atoms with Gasteiger partial charge in [-0.05, 0) is 39.0 Å². The first-order chi connectivity index (χ1) is 9.61. The Balaban J connectivity index is 2.88. The van der Waals surface area contributed by atoms with E-state index in [1.807, 2.05) is 0 Å². The Morgan fingerprint density at radius 3 is 2.48 bits per heavy atom. The van der Waals surface area contributed by atoms with E-state index in [0.29, 0.717) is 4.47 Å². The highest BCUT2D eigenvalue weighted by atomic mass is 79.9. The average Bonchev–Trinajstić information content (AvgIpc) is 2.30. The molecule has 0 saturated carbocycles. The van der Waals surface area contributed by atoms with Crippen LogP contribution in [-0.4, -0.2) is 34.1 Å². The molecule has 0 unspecified atom stereocenters. The number of aliphatic carboxylic acids is 1. The molecule has 0 heterocycles. The Labute approximate surface area is 131 Å². The SMILES string of the molecule is CC(C)(C)N(CCC(=O)O)C(=O)Nc1ccc(Br)cc1F. The number of urea groups is 1. The number of nitrogens with zero attached hydrogens (tertiary/aromatic N) is 1. The summed E-state index contributed by atoms with van der Waals surface area (Å²) in [4.78, 5) is 24.3. The number of amides is 2. The van der Waals surface area contributed by atoms with E-state index in [9.17, 15) is 14.0 Å². The predicted octanol–water partition coefficient (Wildman–Crippen LogP) is 3.70. The van der Waals surface area contributed by atoms with Crippen molar-refractivity contribution in [2.75, 3.05) is 11.9 Å². The molecule has 0 radical (unpaired) electrons. The zero-order valence-electron chi connectivity index (χ0n) is 12.1. The zero-order chi connectivity index (χ0) is 16.2. The van der Waals surface area contributed by atoms with Gasteiger partial charge in [0.25, 0.3) is 0 Å². The van der Waals surface area contributed by atoms with E-state index in [1.54, 1.807) is 26.8 Å². The molecule has 116 valence electrons. The van der Waals surface area contributed by atoms with E-state index in [2.05, 4.69) is 21.2 Å². The van der Waals surface area contributed by atoms with Crippen LogP contribution in [0, 0.1) is 5.82 Å². The topological polar surface area (TPSA) is 69.6 Å². The summed E-state index contributed by atoms with van der Waals surface area (Å²) in [7, 11) is 0. The third-order valence-electron chi connectivity index (χ3n) is 2.78. The molecule has 0 aliphatic rings. The summed E-state index contributed by atoms with van der Waals surface area (Å²) in [6.07, 6.45) is -0.173. The Kier molecular flexibility index (Phi) is 5.71. The standard InChI is InChI=1S/C14H18BrFN2O3/c1-14(2,3)18(7-6-12(19)20)13(21)17-11-5-4-9(15)8-10(11)16/h4-5,8H,6-7H2,1-3H3,(H,17,21)(H,19,20). The summed E-state index contributed by atoms with van der Waals surface area (Å²) < 4.78 is 14.3. The molecule has 0 aliphatic heterocycles. The number of hydrogen-bond donors (Lipinski definition) is 2. The van der Waals surface area contributed by atoms with E-state index >= 15 is 0 Å². The van der Waals surface area contributed by atoms with Crippen molar-refractivity contribution in [3.05, 3.63) is 28.5 Å². The van der Waals surface area contributed by atoms with Gasteiger partial charge in [-0.2, -0.15) is 0 Å². The van der Waals surface area contributed by atoms with Crippen LogP contribution in [0.25, 0.3) is 0 Å². The monoisotopic (exact) mass is 360 g/mol. The van der Waals surface area contributed by atoms with E-state index in [1.165, 1.54) is 17.0 Å². The lowest BCUT2D eigenvalue weighted by Crippen LogP contribution is -2.48. The van der Waals surface area contributed by atoms with Crippen LogP contribution >= 0.6 is 15.9 Å². The average molecular weight is 361 g/mol. The fourth-order valence-electron chi connectivity index (χ4n) is 1.72. The molecular weight excluding hydrogens is 343 g/mol. The van der Waals surface area contributed by atoms with Crippen molar-refractivity contribution in [2.45, 2.75) is 32.7 Å². The molecule has 1 aromatic rings. The minimum atomic E-state index is -0.994. The van der Waals surface area contributed by atoms with Gasteiger partial charge in [-0.15, -0.1) is 0 Å². The summed E-state index contributed by atoms with van der Waals surface area (Å²) in [5, 5.41) is 11.2. The van der Waals surface area contributed by atoms with Crippen LogP contribution in [0.3, 0.4) is 0 Å². The third-order valence-corrected chi connectivity index (χ3v) is 3.27. The van der Waals surface area contributed by atoms with Gasteiger partial charge in [0.1, 0.15) is 5.82 Å². The van der Waals surface area contributed by atoms with Crippen molar-refractivity contribution in [1.82, 2.24) is 4.90 Å². The first-order valence-corrected chi connectivity index (χ1v) is 7.16. The lowest BCUT2D eigenvalue weighted by molar-refractivity contribution is -0.137. The van der Waals surface area contributed by atoms with Crippen molar-refractivity contribution < 1.29 is 19.1 Å². The van der Waals surface area contributed by atoms with Crippen LogP contribution in [0.4, 0.5) is 14.9 Å². The molecule has 0 saturated heterocycles. The number of halogens is 2. The number of carbonyl (C=O) groups excluding carboxylic acids is 1. The number of carboxylic acid groups (broad SMARTS) is 1. The lowest BCUT2D eigenvalue weighted by atomic mass is 10.1. The first-order valence-electron chi connectivity index (χ1n) is 6.36. The van der Waals surface area contributed by atoms with Gasteiger partial charge in [0, 0.05) is 16.6 Å². The smallest absolute Gasteiger partial charge is 0.322 e. The number of carbonyl (C=O) groups is 2. The number of rotatable bonds is 4. The maximum absolute atomic E-state index is 13.7. The summed E-state index contributed by atoms with van der Waals surface area (Å²) in [6.45, 7) is 5.40. The van der Waals surface area contributed by atoms with Gasteiger partial charge < -0.3 is 15.3 Å². The second-order valence-corrected chi connectivity index (χ2v) is 6.44. The van der Waals surface area contributed by atoms with Gasteiger partial charge in [0.05, 0.1) is 12.1 Å². The first kappa shape index (κ1) is 17.4. The molecule has 1 aromatic carbocycles. The molecule has 0 bridgehead atoms. The van der Waals surface area contributed by atoms with Gasteiger partial charge in [-0.1, -0.05) is 15.9 Å². The minimum Gasteiger partial charge on any atom is -0.481 e. The van der Waals surface area contributed by atoms with Gasteiger partial charge in [0.15, 0.2) is 0 Å². The van der Waals surface area contributed by atoms with E-state index in [-0.39, 0.29) is 18.7 Å². The number of benzene rings is 1. The molecule has 0 aliphatic carbocycles. The molecule has 5 nitrogen and oxygen atoms in total. The number of anilines is 1. The van der Waals surface area contributed by atoms with Crippen LogP contribution in [0.1, 0.15) is 27.2 Å². The number of carboxylic acids is 1. The van der Waals surface area contributed by atoms with E-state index in [0.717, 1.165) is 0 Å². The molecule has 21 heavy (non-hydrogen) atoms. The van der Waals surface area contributed by atoms with Crippen molar-refractivity contribution in [2.24, 2.45) is 0 Å². The minimum absolute atomic E-state index is 0.0445. The fraction of sp³-hybridized carbons (Fsp3) is 0.429. The van der Waals surface area contributed by atoms with Crippen LogP contribution in [0.5, 0.6) is 0 Å². The van der Waals surface area contributed by atoms with Gasteiger partial charge >= 0.3 is 12.0 Å². The molecule has 1 rings (SSSR count). The summed E-state index contributed by atoms with van der Waals surface area (Å²) >= 11 is 3.14. The summed E-state index contributed by atoms with van der Waals surface area (Å²) in [5.74, 6) is -1.56. The number of nitrogens with one attached hydrogen (secondary N) is 1. The second-order valence-electron chi connectivity index (χ2n) is 5.52. The molecular formula is C14H18BrFN2O3. The van der Waals surface area contributed by atoms with Gasteiger partial charge in [-0.3, -0.25) is 4.79 Å². The fourth-order valence-corrected chi connectivity index (χ4v) is 2.06.